The van der Waals surface area contributed by atoms with Crippen molar-refractivity contribution in [3.63, 3.8) is 0 Å². The molecule has 76 heavy (non-hydrogen) atoms. The van der Waals surface area contributed by atoms with Crippen LogP contribution in [0.4, 0.5) is 0 Å². The van der Waals surface area contributed by atoms with Crippen LogP contribution in [-0.4, -0.2) is 68.4 Å². The smallest absolute Gasteiger partial charge is 0.128 e. The molecule has 4 N–H and O–H groups in total. The zero-order valence-corrected chi connectivity index (χ0v) is 51.1. The molecule has 0 fully saturated rings. The summed E-state index contributed by atoms with van der Waals surface area (Å²) in [5.41, 5.74) is 10.6. The number of aromatic hydroxyl groups is 4. The number of rotatable bonds is 12. The van der Waals surface area contributed by atoms with Crippen molar-refractivity contribution in [1.29, 1.82) is 0 Å². The average molecular weight is 1030 g/mol. The summed E-state index contributed by atoms with van der Waals surface area (Å²) < 4.78 is 0. The van der Waals surface area contributed by atoms with Crippen molar-refractivity contribution in [2.24, 2.45) is 20.0 Å². The molecule has 0 bridgehead atoms. The highest BCUT2D eigenvalue weighted by atomic mass is 16.3. The Morgan fingerprint density at radius 2 is 0.671 bits per heavy atom. The van der Waals surface area contributed by atoms with Crippen molar-refractivity contribution < 1.29 is 20.4 Å². The number of hydrogen-bond donors (Lipinski definition) is 4. The van der Waals surface area contributed by atoms with Crippen molar-refractivity contribution in [2.75, 3.05) is 13.1 Å². The van der Waals surface area contributed by atoms with E-state index in [0.717, 1.165) is 78.2 Å². The Morgan fingerprint density at radius 1 is 0.382 bits per heavy atom. The lowest BCUT2D eigenvalue weighted by molar-refractivity contribution is 0.442. The molecular formula is C68H94N4O4. The van der Waals surface area contributed by atoms with Crippen molar-refractivity contribution in [1.82, 2.24) is 0 Å². The average Bonchev–Trinajstić information content (AvgIpc) is 3.27. The fourth-order valence-electron chi connectivity index (χ4n) is 9.15. The first-order valence-electron chi connectivity index (χ1n) is 27.2. The van der Waals surface area contributed by atoms with E-state index in [1.54, 1.807) is 12.4 Å². The van der Waals surface area contributed by atoms with Crippen molar-refractivity contribution in [2.45, 2.75) is 210 Å². The molecule has 0 atom stereocenters. The molecule has 0 saturated heterocycles. The lowest BCUT2D eigenvalue weighted by Gasteiger charge is -2.27. The third kappa shape index (κ3) is 14.5. The molecule has 0 aliphatic rings. The predicted molar refractivity (Wildman–Crippen MR) is 327 cm³/mol. The van der Waals surface area contributed by atoms with Crippen molar-refractivity contribution in [3.05, 3.63) is 128 Å². The minimum Gasteiger partial charge on any atom is -0.507 e. The van der Waals surface area contributed by atoms with Gasteiger partial charge in [-0.2, -0.15) is 0 Å². The minimum atomic E-state index is -0.655. The molecule has 0 radical (unpaired) electrons. The SMILES string of the molecule is CC(=NCC(C)(C)N=Cc1cc(-c2ccccc2-c2cc(C=NC(C)(C)CN=C(C)c3cc(C(C)(C)C)cc(C(C)(C)C)c3O)c(O)c(C(C)(C)C)c2)cc(C(C)(C)C)c1O)c1cc(C(C)(C)C)cc(C(C)(C)C)c1O. The maximum atomic E-state index is 12.0. The topological polar surface area (TPSA) is 130 Å². The van der Waals surface area contributed by atoms with Crippen LogP contribution in [0, 0.1) is 0 Å². The third-order valence-corrected chi connectivity index (χ3v) is 14.3. The number of phenols is 4. The fraction of sp³-hybridized carbons (Fsp3) is 0.500. The predicted octanol–water partition coefficient (Wildman–Crippen LogP) is 17.0. The van der Waals surface area contributed by atoms with Crippen LogP contribution < -0.4 is 0 Å². The summed E-state index contributed by atoms with van der Waals surface area (Å²) >= 11 is 0. The molecule has 0 heterocycles. The first kappa shape index (κ1) is 60.8. The molecule has 8 heteroatoms. The van der Waals surface area contributed by atoms with Crippen molar-refractivity contribution >= 4 is 23.9 Å². The standard InChI is InChI=1S/C68H94N4O4/c1-41(51-33-47(61(3,4)5)35-55(59(51)75)65(15,16)17)69-39-67(21,22)71-37-45-29-43(31-53(57(45)73)63(9,10)11)49-27-25-26-28-50(49)44-30-46(58(74)54(32-44)64(12,13)14)38-72-68(23,24)40-70-42(2)52-34-48(62(6,7)8)36-56(60(52)76)66(18,19)20/h25-38,73-76H,39-40H2,1-24H3. The van der Waals surface area contributed by atoms with Gasteiger partial charge < -0.3 is 20.4 Å². The van der Waals surface area contributed by atoms with Crippen LogP contribution in [0.3, 0.4) is 0 Å². The number of phenolic OH excluding ortho intramolecular Hbond substituents is 4. The van der Waals surface area contributed by atoms with Crippen LogP contribution in [-0.2, 0) is 32.5 Å². The molecule has 0 saturated carbocycles. The van der Waals surface area contributed by atoms with E-state index in [2.05, 4.69) is 173 Å². The van der Waals surface area contributed by atoms with E-state index in [4.69, 9.17) is 20.0 Å². The van der Waals surface area contributed by atoms with E-state index in [0.29, 0.717) is 24.2 Å². The highest BCUT2D eigenvalue weighted by Gasteiger charge is 2.30. The number of benzene rings is 5. The first-order chi connectivity index (χ1) is 34.4. The normalized spacial score (nSPS) is 14.2. The first-order valence-corrected chi connectivity index (χ1v) is 27.2. The second-order valence-electron chi connectivity index (χ2n) is 28.8. The Balaban J connectivity index is 1.57. The van der Waals surface area contributed by atoms with Crippen LogP contribution in [0.5, 0.6) is 23.0 Å². The highest BCUT2D eigenvalue weighted by molar-refractivity contribution is 6.02. The zero-order valence-electron chi connectivity index (χ0n) is 51.1. The van der Waals surface area contributed by atoms with Crippen molar-refractivity contribution in [3.8, 4) is 45.3 Å². The van der Waals surface area contributed by atoms with E-state index in [9.17, 15) is 20.4 Å². The summed E-state index contributed by atoms with van der Waals surface area (Å²) in [6, 6.07) is 24.8. The Bertz CT molecular complexity index is 2870. The molecule has 8 nitrogen and oxygen atoms in total. The van der Waals surface area contributed by atoms with Crippen LogP contribution in [0.25, 0.3) is 22.3 Å². The Kier molecular flexibility index (Phi) is 17.2. The van der Waals surface area contributed by atoms with E-state index in [1.807, 2.05) is 65.8 Å². The number of nitrogens with zero attached hydrogens (tertiary/aromatic N) is 4. The molecule has 410 valence electrons. The largest absolute Gasteiger partial charge is 0.507 e. The molecule has 0 aliphatic heterocycles. The summed E-state index contributed by atoms with van der Waals surface area (Å²) in [6.07, 6.45) is 3.54. The molecule has 5 aromatic carbocycles. The molecule has 0 amide bonds. The molecule has 5 aromatic rings. The van der Waals surface area contributed by atoms with E-state index in [1.165, 1.54) is 0 Å². The lowest BCUT2D eigenvalue weighted by Crippen LogP contribution is -2.23. The highest BCUT2D eigenvalue weighted by Crippen LogP contribution is 2.44. The monoisotopic (exact) mass is 1030 g/mol. The summed E-state index contributed by atoms with van der Waals surface area (Å²) in [5.74, 6) is 0.879. The van der Waals surface area contributed by atoms with Gasteiger partial charge >= 0.3 is 0 Å². The Hall–Kier alpha value is -6.02. The summed E-state index contributed by atoms with van der Waals surface area (Å²) in [6.45, 7) is 51.1. The second kappa shape index (κ2) is 21.4. The van der Waals surface area contributed by atoms with Crippen LogP contribution in [0.15, 0.2) is 92.8 Å². The van der Waals surface area contributed by atoms with Crippen LogP contribution in [0.2, 0.25) is 0 Å². The molecular weight excluding hydrogens is 937 g/mol. The summed E-state index contributed by atoms with van der Waals surface area (Å²) in [4.78, 5) is 20.2. The molecule has 0 unspecified atom stereocenters. The maximum absolute atomic E-state index is 12.0. The Labute approximate surface area is 458 Å². The van der Waals surface area contributed by atoms with Gasteiger partial charge in [0.15, 0.2) is 0 Å². The lowest BCUT2D eigenvalue weighted by atomic mass is 9.78. The van der Waals surface area contributed by atoms with Crippen LogP contribution in [0.1, 0.15) is 222 Å². The van der Waals surface area contributed by atoms with Gasteiger partial charge in [0.1, 0.15) is 23.0 Å². The van der Waals surface area contributed by atoms with Crippen LogP contribution >= 0.6 is 0 Å². The third-order valence-electron chi connectivity index (χ3n) is 14.3. The number of hydrogen-bond acceptors (Lipinski definition) is 8. The minimum absolute atomic E-state index is 0.119. The maximum Gasteiger partial charge on any atom is 0.128 e. The van der Waals surface area contributed by atoms with Gasteiger partial charge in [-0.1, -0.05) is 161 Å². The zero-order chi connectivity index (χ0) is 57.7. The van der Waals surface area contributed by atoms with Gasteiger partial charge in [-0.25, -0.2) is 0 Å². The van der Waals surface area contributed by atoms with Gasteiger partial charge in [-0.3, -0.25) is 20.0 Å². The second-order valence-corrected chi connectivity index (χ2v) is 28.8. The van der Waals surface area contributed by atoms with Gasteiger partial charge in [-0.15, -0.1) is 0 Å². The molecule has 0 aromatic heterocycles. The fourth-order valence-corrected chi connectivity index (χ4v) is 9.15. The van der Waals surface area contributed by atoms with Gasteiger partial charge in [0.05, 0.1) is 24.2 Å². The van der Waals surface area contributed by atoms with E-state index < -0.39 is 21.9 Å². The Morgan fingerprint density at radius 3 is 0.947 bits per heavy atom. The number of aliphatic imine (C=N–C) groups is 4. The molecule has 5 rings (SSSR count). The van der Waals surface area contributed by atoms with Gasteiger partial charge in [-0.05, 0) is 144 Å². The van der Waals surface area contributed by atoms with Gasteiger partial charge in [0, 0.05) is 68.4 Å². The van der Waals surface area contributed by atoms with Gasteiger partial charge in [0.2, 0.25) is 0 Å². The summed E-state index contributed by atoms with van der Waals surface area (Å²) in [7, 11) is 0. The molecule has 0 aliphatic carbocycles. The molecule has 0 spiro atoms. The van der Waals surface area contributed by atoms with E-state index in [-0.39, 0.29) is 44.7 Å². The van der Waals surface area contributed by atoms with Gasteiger partial charge in [0.25, 0.3) is 0 Å². The summed E-state index contributed by atoms with van der Waals surface area (Å²) in [5, 5.41) is 47.1. The quantitative estimate of drug-likeness (QED) is 0.0927. The van der Waals surface area contributed by atoms with E-state index >= 15 is 0 Å².